The number of nitrogens with two attached hydrogens (primary N) is 1. The summed E-state index contributed by atoms with van der Waals surface area (Å²) in [7, 11) is 0. The molecule has 0 fully saturated rings. The molecule has 2 amide bonds. The van der Waals surface area contributed by atoms with E-state index in [-0.39, 0.29) is 29.9 Å². The van der Waals surface area contributed by atoms with Gasteiger partial charge in [0.05, 0.1) is 6.54 Å². The zero-order valence-electron chi connectivity index (χ0n) is 17.1. The Balaban J connectivity index is 1.61. The van der Waals surface area contributed by atoms with Crippen molar-refractivity contribution >= 4 is 17.6 Å². The van der Waals surface area contributed by atoms with Crippen LogP contribution in [0.5, 0.6) is 5.75 Å². The van der Waals surface area contributed by atoms with Crippen molar-refractivity contribution in [2.24, 2.45) is 5.73 Å². The van der Waals surface area contributed by atoms with Crippen LogP contribution in [0.3, 0.4) is 0 Å². The van der Waals surface area contributed by atoms with Crippen LogP contribution in [0.4, 0.5) is 0 Å². The molecule has 2 aromatic carbocycles. The van der Waals surface area contributed by atoms with Gasteiger partial charge >= 0.3 is 0 Å². The first-order chi connectivity index (χ1) is 14.3. The molecule has 1 atom stereocenters. The second-order valence-corrected chi connectivity index (χ2v) is 7.06. The SMILES string of the molecule is C[C@H](NC(=O)CNCCCc1ccc(O)cc1)C(=O)NCc1ccc(C(=N)N)cc1. The fourth-order valence-electron chi connectivity index (χ4n) is 2.78. The van der Waals surface area contributed by atoms with E-state index in [1.165, 1.54) is 0 Å². The zero-order chi connectivity index (χ0) is 21.9. The molecule has 2 aromatic rings. The maximum Gasteiger partial charge on any atom is 0.242 e. The summed E-state index contributed by atoms with van der Waals surface area (Å²) in [5, 5.41) is 25.1. The van der Waals surface area contributed by atoms with Crippen molar-refractivity contribution in [3.8, 4) is 5.75 Å². The maximum atomic E-state index is 12.2. The van der Waals surface area contributed by atoms with E-state index in [0.717, 1.165) is 24.0 Å². The van der Waals surface area contributed by atoms with Crippen molar-refractivity contribution in [1.29, 1.82) is 5.41 Å². The van der Waals surface area contributed by atoms with Gasteiger partial charge in [-0.15, -0.1) is 0 Å². The number of carbonyl (C=O) groups is 2. The van der Waals surface area contributed by atoms with Gasteiger partial charge in [0, 0.05) is 12.1 Å². The van der Waals surface area contributed by atoms with Gasteiger partial charge in [-0.25, -0.2) is 0 Å². The summed E-state index contributed by atoms with van der Waals surface area (Å²) < 4.78 is 0. The molecule has 30 heavy (non-hydrogen) atoms. The van der Waals surface area contributed by atoms with Gasteiger partial charge in [0.1, 0.15) is 17.6 Å². The fraction of sp³-hybridized carbons (Fsp3) is 0.318. The molecule has 0 heterocycles. The number of benzene rings is 2. The van der Waals surface area contributed by atoms with Crippen LogP contribution in [0.1, 0.15) is 30.0 Å². The van der Waals surface area contributed by atoms with Gasteiger partial charge in [-0.1, -0.05) is 36.4 Å². The van der Waals surface area contributed by atoms with Crippen LogP contribution in [0.15, 0.2) is 48.5 Å². The lowest BCUT2D eigenvalue weighted by Gasteiger charge is -2.14. The molecular formula is C22H29N5O3. The van der Waals surface area contributed by atoms with E-state index in [2.05, 4.69) is 16.0 Å². The highest BCUT2D eigenvalue weighted by Gasteiger charge is 2.14. The molecule has 0 bridgehead atoms. The summed E-state index contributed by atoms with van der Waals surface area (Å²) in [6, 6.07) is 13.5. The van der Waals surface area contributed by atoms with Crippen LogP contribution in [0.25, 0.3) is 0 Å². The van der Waals surface area contributed by atoms with Gasteiger partial charge in [-0.3, -0.25) is 15.0 Å². The van der Waals surface area contributed by atoms with Crippen LogP contribution >= 0.6 is 0 Å². The van der Waals surface area contributed by atoms with Crippen molar-refractivity contribution < 1.29 is 14.7 Å². The molecule has 0 aliphatic carbocycles. The standard InChI is InChI=1S/C22H29N5O3/c1-15(22(30)26-13-17-4-8-18(9-5-17)21(23)24)27-20(29)14-25-12-2-3-16-6-10-19(28)11-7-16/h4-11,15,25,28H,2-3,12-14H2,1H3,(H3,23,24)(H,26,30)(H,27,29)/t15-/m0/s1. The average Bonchev–Trinajstić information content (AvgIpc) is 2.73. The molecule has 8 heteroatoms. The molecule has 0 aliphatic rings. The number of nitrogens with one attached hydrogen (secondary N) is 4. The van der Waals surface area contributed by atoms with Crippen molar-refractivity contribution in [3.05, 3.63) is 65.2 Å². The van der Waals surface area contributed by atoms with Crippen LogP contribution in [0, 0.1) is 5.41 Å². The van der Waals surface area contributed by atoms with Gasteiger partial charge in [-0.2, -0.15) is 0 Å². The number of amidine groups is 1. The summed E-state index contributed by atoms with van der Waals surface area (Å²) in [6.07, 6.45) is 1.71. The monoisotopic (exact) mass is 411 g/mol. The van der Waals surface area contributed by atoms with Crippen molar-refractivity contribution in [2.75, 3.05) is 13.1 Å². The Morgan fingerprint density at radius 1 is 1.07 bits per heavy atom. The topological polar surface area (TPSA) is 140 Å². The molecule has 7 N–H and O–H groups in total. The Morgan fingerprint density at radius 2 is 1.70 bits per heavy atom. The molecule has 2 rings (SSSR count). The normalized spacial score (nSPS) is 11.5. The quantitative estimate of drug-likeness (QED) is 0.186. The fourth-order valence-corrected chi connectivity index (χ4v) is 2.78. The lowest BCUT2D eigenvalue weighted by molar-refractivity contribution is -0.128. The molecule has 0 aromatic heterocycles. The third kappa shape index (κ3) is 7.92. The number of amides is 2. The number of phenols is 1. The molecule has 0 saturated heterocycles. The van der Waals surface area contributed by atoms with Crippen LogP contribution in [-0.2, 0) is 22.6 Å². The maximum absolute atomic E-state index is 12.2. The number of hydrogen-bond acceptors (Lipinski definition) is 5. The van der Waals surface area contributed by atoms with Gasteiger partial charge in [0.2, 0.25) is 11.8 Å². The minimum absolute atomic E-state index is 0.00381. The number of hydrogen-bond donors (Lipinski definition) is 6. The van der Waals surface area contributed by atoms with E-state index in [4.69, 9.17) is 11.1 Å². The first-order valence-electron chi connectivity index (χ1n) is 9.84. The summed E-state index contributed by atoms with van der Waals surface area (Å²) >= 11 is 0. The number of aryl methyl sites for hydroxylation is 1. The molecular weight excluding hydrogens is 382 g/mol. The Morgan fingerprint density at radius 3 is 2.33 bits per heavy atom. The lowest BCUT2D eigenvalue weighted by Crippen LogP contribution is -2.47. The minimum Gasteiger partial charge on any atom is -0.508 e. The van der Waals surface area contributed by atoms with Gasteiger partial charge in [-0.05, 0) is 49.6 Å². The highest BCUT2D eigenvalue weighted by Crippen LogP contribution is 2.10. The Labute approximate surface area is 176 Å². The second kappa shape index (κ2) is 11.6. The first-order valence-corrected chi connectivity index (χ1v) is 9.84. The summed E-state index contributed by atoms with van der Waals surface area (Å²) in [6.45, 7) is 2.77. The number of nitrogen functional groups attached to an aromatic ring is 1. The molecule has 8 nitrogen and oxygen atoms in total. The Bertz CT molecular complexity index is 850. The van der Waals surface area contributed by atoms with Gasteiger partial charge in [0.25, 0.3) is 0 Å². The molecule has 0 aliphatic heterocycles. The van der Waals surface area contributed by atoms with Gasteiger partial charge < -0.3 is 26.8 Å². The molecule has 0 radical (unpaired) electrons. The van der Waals surface area contributed by atoms with E-state index in [0.29, 0.717) is 18.7 Å². The predicted molar refractivity (Wildman–Crippen MR) is 116 cm³/mol. The van der Waals surface area contributed by atoms with E-state index in [1.807, 2.05) is 12.1 Å². The summed E-state index contributed by atoms with van der Waals surface area (Å²) in [5.74, 6) is -0.270. The largest absolute Gasteiger partial charge is 0.508 e. The van der Waals surface area contributed by atoms with Crippen molar-refractivity contribution in [1.82, 2.24) is 16.0 Å². The molecule has 0 spiro atoms. The molecule has 160 valence electrons. The Hall–Kier alpha value is -3.39. The average molecular weight is 412 g/mol. The summed E-state index contributed by atoms with van der Waals surface area (Å²) in [5.41, 5.74) is 8.04. The number of rotatable bonds is 11. The van der Waals surface area contributed by atoms with Crippen molar-refractivity contribution in [3.63, 3.8) is 0 Å². The van der Waals surface area contributed by atoms with Crippen molar-refractivity contribution in [2.45, 2.75) is 32.4 Å². The third-order valence-electron chi connectivity index (χ3n) is 4.54. The van der Waals surface area contributed by atoms with E-state index in [1.54, 1.807) is 43.3 Å². The zero-order valence-corrected chi connectivity index (χ0v) is 17.1. The Kier molecular flexibility index (Phi) is 8.83. The van der Waals surface area contributed by atoms with E-state index in [9.17, 15) is 14.7 Å². The predicted octanol–water partition coefficient (Wildman–Crippen LogP) is 1.02. The van der Waals surface area contributed by atoms with Crippen LogP contribution in [-0.4, -0.2) is 41.9 Å². The molecule has 0 saturated carbocycles. The first kappa shape index (κ1) is 22.9. The number of phenolic OH excluding ortho intramolecular Hbond substituents is 1. The second-order valence-electron chi connectivity index (χ2n) is 7.06. The molecule has 0 unspecified atom stereocenters. The highest BCUT2D eigenvalue weighted by molar-refractivity contribution is 5.94. The van der Waals surface area contributed by atoms with Crippen LogP contribution in [0.2, 0.25) is 0 Å². The summed E-state index contributed by atoms with van der Waals surface area (Å²) in [4.78, 5) is 24.2. The van der Waals surface area contributed by atoms with E-state index < -0.39 is 6.04 Å². The minimum atomic E-state index is -0.646. The third-order valence-corrected chi connectivity index (χ3v) is 4.54. The smallest absolute Gasteiger partial charge is 0.242 e. The highest BCUT2D eigenvalue weighted by atomic mass is 16.3. The van der Waals surface area contributed by atoms with Crippen LogP contribution < -0.4 is 21.7 Å². The van der Waals surface area contributed by atoms with Gasteiger partial charge in [0.15, 0.2) is 0 Å². The van der Waals surface area contributed by atoms with E-state index >= 15 is 0 Å². The lowest BCUT2D eigenvalue weighted by atomic mass is 10.1. The number of carbonyl (C=O) groups excluding carboxylic acids is 2. The number of aromatic hydroxyl groups is 1.